The van der Waals surface area contributed by atoms with Crippen molar-refractivity contribution in [1.82, 2.24) is 5.32 Å². The predicted octanol–water partition coefficient (Wildman–Crippen LogP) is 1.55. The van der Waals surface area contributed by atoms with Crippen LogP contribution in [-0.4, -0.2) is 29.9 Å². The van der Waals surface area contributed by atoms with Crippen LogP contribution >= 0.6 is 0 Å². The molecule has 0 aliphatic heterocycles. The van der Waals surface area contributed by atoms with Gasteiger partial charge in [0.15, 0.2) is 5.78 Å². The molecule has 104 valence electrons. The summed E-state index contributed by atoms with van der Waals surface area (Å²) >= 11 is 0. The first-order valence-electron chi connectivity index (χ1n) is 6.47. The molecule has 1 aliphatic rings. The lowest BCUT2D eigenvalue weighted by molar-refractivity contribution is 0.0896. The lowest BCUT2D eigenvalue weighted by Gasteiger charge is -2.21. The minimum Gasteiger partial charge on any atom is -0.468 e. The summed E-state index contributed by atoms with van der Waals surface area (Å²) < 4.78 is 5.31. The van der Waals surface area contributed by atoms with E-state index < -0.39 is 0 Å². The van der Waals surface area contributed by atoms with Gasteiger partial charge in [-0.1, -0.05) is 13.8 Å². The van der Waals surface area contributed by atoms with Gasteiger partial charge in [-0.25, -0.2) is 0 Å². The molecule has 1 aromatic heterocycles. The molecule has 5 nitrogen and oxygen atoms in total. The van der Waals surface area contributed by atoms with Crippen molar-refractivity contribution in [3.05, 3.63) is 23.2 Å². The zero-order chi connectivity index (χ0) is 14.0. The van der Waals surface area contributed by atoms with Gasteiger partial charge in [0, 0.05) is 31.4 Å². The van der Waals surface area contributed by atoms with Crippen molar-refractivity contribution in [2.24, 2.45) is 5.41 Å². The number of nitrogens with one attached hydrogen (secondary N) is 1. The van der Waals surface area contributed by atoms with Crippen molar-refractivity contribution < 1.29 is 19.1 Å². The standard InChI is InChI=1S/C14H19NO4/c1-14(2,8-16)7-15-13(18)9-6-19-11-5-3-4-10(17)12(9)11/h6,16H,3-5,7-8H2,1-2H3,(H,15,18). The molecule has 0 saturated heterocycles. The molecule has 1 heterocycles. The Hall–Kier alpha value is -1.62. The van der Waals surface area contributed by atoms with Crippen LogP contribution in [-0.2, 0) is 6.42 Å². The van der Waals surface area contributed by atoms with Gasteiger partial charge >= 0.3 is 0 Å². The number of hydrogen-bond donors (Lipinski definition) is 2. The number of ketones is 1. The third kappa shape index (κ3) is 2.87. The van der Waals surface area contributed by atoms with E-state index >= 15 is 0 Å². The number of carbonyl (C=O) groups excluding carboxylic acids is 2. The monoisotopic (exact) mass is 265 g/mol. The maximum atomic E-state index is 12.1. The Bertz CT molecular complexity index is 502. The first kappa shape index (κ1) is 13.8. The van der Waals surface area contributed by atoms with E-state index in [-0.39, 0.29) is 23.7 Å². The van der Waals surface area contributed by atoms with Crippen LogP contribution in [0, 0.1) is 5.41 Å². The highest BCUT2D eigenvalue weighted by Gasteiger charge is 2.28. The number of furan rings is 1. The number of aryl methyl sites for hydroxylation is 1. The predicted molar refractivity (Wildman–Crippen MR) is 69.2 cm³/mol. The van der Waals surface area contributed by atoms with E-state index in [0.29, 0.717) is 36.3 Å². The SMILES string of the molecule is CC(C)(CO)CNC(=O)c1coc2c1C(=O)CCC2. The van der Waals surface area contributed by atoms with Crippen molar-refractivity contribution in [3.8, 4) is 0 Å². The molecule has 2 N–H and O–H groups in total. The van der Waals surface area contributed by atoms with E-state index in [2.05, 4.69) is 5.32 Å². The Labute approximate surface area is 112 Å². The number of hydrogen-bond acceptors (Lipinski definition) is 4. The molecule has 0 aromatic carbocycles. The summed E-state index contributed by atoms with van der Waals surface area (Å²) in [6.07, 6.45) is 3.30. The molecule has 1 aliphatic carbocycles. The van der Waals surface area contributed by atoms with Crippen molar-refractivity contribution in [2.45, 2.75) is 33.1 Å². The third-order valence-corrected chi connectivity index (χ3v) is 3.35. The molecule has 1 amide bonds. The minimum absolute atomic E-state index is 0.0182. The zero-order valence-electron chi connectivity index (χ0n) is 11.3. The molecule has 19 heavy (non-hydrogen) atoms. The van der Waals surface area contributed by atoms with Gasteiger partial charge in [-0.3, -0.25) is 9.59 Å². The lowest BCUT2D eigenvalue weighted by atomic mass is 9.93. The van der Waals surface area contributed by atoms with Crippen LogP contribution in [0.15, 0.2) is 10.7 Å². The summed E-state index contributed by atoms with van der Waals surface area (Å²) in [5, 5.41) is 11.9. The summed E-state index contributed by atoms with van der Waals surface area (Å²) in [6.45, 7) is 4.03. The van der Waals surface area contributed by atoms with Gasteiger partial charge in [0.05, 0.1) is 11.1 Å². The Morgan fingerprint density at radius 1 is 1.47 bits per heavy atom. The smallest absolute Gasteiger partial charge is 0.255 e. The van der Waals surface area contributed by atoms with Crippen molar-refractivity contribution in [1.29, 1.82) is 0 Å². The summed E-state index contributed by atoms with van der Waals surface area (Å²) in [5.74, 6) is 0.270. The number of amides is 1. The van der Waals surface area contributed by atoms with Crippen molar-refractivity contribution in [2.75, 3.05) is 13.2 Å². The molecular weight excluding hydrogens is 246 g/mol. The van der Waals surface area contributed by atoms with E-state index in [4.69, 9.17) is 9.52 Å². The van der Waals surface area contributed by atoms with Crippen LogP contribution in [0.25, 0.3) is 0 Å². The van der Waals surface area contributed by atoms with Crippen molar-refractivity contribution in [3.63, 3.8) is 0 Å². The van der Waals surface area contributed by atoms with Crippen LogP contribution < -0.4 is 5.32 Å². The van der Waals surface area contributed by atoms with Crippen LogP contribution in [0.5, 0.6) is 0 Å². The topological polar surface area (TPSA) is 79.5 Å². The fourth-order valence-corrected chi connectivity index (χ4v) is 2.06. The number of rotatable bonds is 4. The molecule has 5 heteroatoms. The first-order chi connectivity index (χ1) is 8.94. The Balaban J connectivity index is 2.13. The summed E-state index contributed by atoms with van der Waals surface area (Å²) in [6, 6.07) is 0. The second kappa shape index (κ2) is 5.17. The van der Waals surface area contributed by atoms with Gasteiger partial charge in [-0.05, 0) is 6.42 Å². The van der Waals surface area contributed by atoms with Crippen LogP contribution in [0.4, 0.5) is 0 Å². The van der Waals surface area contributed by atoms with E-state index in [9.17, 15) is 9.59 Å². The van der Waals surface area contributed by atoms with Gasteiger partial charge in [-0.2, -0.15) is 0 Å². The fourth-order valence-electron chi connectivity index (χ4n) is 2.06. The highest BCUT2D eigenvalue weighted by Crippen LogP contribution is 2.26. The largest absolute Gasteiger partial charge is 0.468 e. The van der Waals surface area contributed by atoms with Gasteiger partial charge in [0.25, 0.3) is 5.91 Å². The maximum Gasteiger partial charge on any atom is 0.255 e. The first-order valence-corrected chi connectivity index (χ1v) is 6.47. The van der Waals surface area contributed by atoms with E-state index in [1.165, 1.54) is 6.26 Å². The molecular formula is C14H19NO4. The average Bonchev–Trinajstić information content (AvgIpc) is 2.81. The molecule has 0 saturated carbocycles. The third-order valence-electron chi connectivity index (χ3n) is 3.35. The molecule has 0 fully saturated rings. The lowest BCUT2D eigenvalue weighted by Crippen LogP contribution is -2.36. The Kier molecular flexibility index (Phi) is 3.75. The Morgan fingerprint density at radius 2 is 2.21 bits per heavy atom. The molecule has 0 spiro atoms. The van der Waals surface area contributed by atoms with Crippen LogP contribution in [0.3, 0.4) is 0 Å². The van der Waals surface area contributed by atoms with E-state index in [1.54, 1.807) is 0 Å². The number of aliphatic hydroxyl groups is 1. The number of Topliss-reactive ketones (excluding diaryl/α,β-unsaturated/α-hetero) is 1. The molecule has 2 rings (SSSR count). The van der Waals surface area contributed by atoms with Gasteiger partial charge < -0.3 is 14.8 Å². The molecule has 0 bridgehead atoms. The second-order valence-electron chi connectivity index (χ2n) is 5.73. The van der Waals surface area contributed by atoms with Gasteiger partial charge in [0.2, 0.25) is 0 Å². The maximum absolute atomic E-state index is 12.1. The highest BCUT2D eigenvalue weighted by atomic mass is 16.3. The molecule has 0 atom stereocenters. The van der Waals surface area contributed by atoms with Crippen LogP contribution in [0.1, 0.15) is 53.2 Å². The minimum atomic E-state index is -0.385. The molecule has 1 aromatic rings. The average molecular weight is 265 g/mol. The zero-order valence-corrected chi connectivity index (χ0v) is 11.3. The van der Waals surface area contributed by atoms with Gasteiger partial charge in [0.1, 0.15) is 12.0 Å². The van der Waals surface area contributed by atoms with E-state index in [1.807, 2.05) is 13.8 Å². The van der Waals surface area contributed by atoms with E-state index in [0.717, 1.165) is 6.42 Å². The highest BCUT2D eigenvalue weighted by molar-refractivity contribution is 6.09. The van der Waals surface area contributed by atoms with Gasteiger partial charge in [-0.15, -0.1) is 0 Å². The Morgan fingerprint density at radius 3 is 2.89 bits per heavy atom. The number of fused-ring (bicyclic) bond motifs is 1. The van der Waals surface area contributed by atoms with Crippen LogP contribution in [0.2, 0.25) is 0 Å². The summed E-state index contributed by atoms with van der Waals surface area (Å²) in [7, 11) is 0. The number of carbonyl (C=O) groups is 2. The molecule has 0 unspecified atom stereocenters. The summed E-state index contributed by atoms with van der Waals surface area (Å²) in [5.41, 5.74) is 0.364. The number of aliphatic hydroxyl groups excluding tert-OH is 1. The second-order valence-corrected chi connectivity index (χ2v) is 5.73. The molecule has 0 radical (unpaired) electrons. The summed E-state index contributed by atoms with van der Waals surface area (Å²) in [4.78, 5) is 23.9. The van der Waals surface area contributed by atoms with Crippen molar-refractivity contribution >= 4 is 11.7 Å². The quantitative estimate of drug-likeness (QED) is 0.865. The normalized spacial score (nSPS) is 15.2. The fraction of sp³-hybridized carbons (Fsp3) is 0.571.